The number of nitrogens with zero attached hydrogens (tertiary/aromatic N) is 1. The van der Waals surface area contributed by atoms with Gasteiger partial charge in [-0.1, -0.05) is 30.3 Å². The molecule has 0 aliphatic carbocycles. The second kappa shape index (κ2) is 8.91. The Hall–Kier alpha value is -2.13. The molecule has 1 saturated heterocycles. The molecule has 0 unspecified atom stereocenters. The topological polar surface area (TPSA) is 98.9 Å². The number of ether oxygens (including phenoxy) is 2. The second-order valence-corrected chi connectivity index (χ2v) is 8.29. The predicted molar refractivity (Wildman–Crippen MR) is 107 cm³/mol. The third kappa shape index (κ3) is 4.15. The monoisotopic (exact) mass is 426 g/mol. The fourth-order valence-corrected chi connectivity index (χ4v) is 4.82. The van der Waals surface area contributed by atoms with E-state index in [0.717, 1.165) is 5.56 Å². The molecule has 2 N–H and O–H groups in total. The Morgan fingerprint density at radius 2 is 1.79 bits per heavy atom. The Labute approximate surface area is 170 Å². The maximum absolute atomic E-state index is 13.1. The summed E-state index contributed by atoms with van der Waals surface area (Å²) in [5, 5.41) is 0. The van der Waals surface area contributed by atoms with Crippen molar-refractivity contribution in [2.45, 2.75) is 16.9 Å². The molecular weight excluding hydrogens is 404 g/mol. The lowest BCUT2D eigenvalue weighted by molar-refractivity contribution is 0.0597. The van der Waals surface area contributed by atoms with Crippen molar-refractivity contribution in [2.75, 3.05) is 27.3 Å². The zero-order chi connectivity index (χ0) is 19.6. The third-order valence-electron chi connectivity index (χ3n) is 4.78. The largest absolute Gasteiger partial charge is 0.496 e. The first-order chi connectivity index (χ1) is 12.9. The molecule has 9 heteroatoms. The zero-order valence-electron chi connectivity index (χ0n) is 15.6. The summed E-state index contributed by atoms with van der Waals surface area (Å²) in [6, 6.07) is 13.5. The average molecular weight is 427 g/mol. The molecule has 1 aliphatic rings. The van der Waals surface area contributed by atoms with Gasteiger partial charge in [-0.3, -0.25) is 0 Å². The Kier molecular flexibility index (Phi) is 7.06. The SMILES string of the molecule is COC(=O)c1ccc(S(=O)(=O)N2C[C@@H](N)[C@H](c3ccccc3)C2)cc1OC.Cl. The van der Waals surface area contributed by atoms with Crippen LogP contribution in [0.25, 0.3) is 0 Å². The highest BCUT2D eigenvalue weighted by Gasteiger charge is 2.38. The van der Waals surface area contributed by atoms with Crippen LogP contribution in [0.1, 0.15) is 21.8 Å². The molecule has 0 amide bonds. The van der Waals surface area contributed by atoms with Crippen molar-refractivity contribution >= 4 is 28.4 Å². The minimum atomic E-state index is -3.77. The summed E-state index contributed by atoms with van der Waals surface area (Å²) in [5.41, 5.74) is 7.40. The van der Waals surface area contributed by atoms with Gasteiger partial charge in [0, 0.05) is 31.1 Å². The van der Waals surface area contributed by atoms with E-state index in [1.165, 1.54) is 36.7 Å². The quantitative estimate of drug-likeness (QED) is 0.734. The first-order valence-corrected chi connectivity index (χ1v) is 9.89. The van der Waals surface area contributed by atoms with Gasteiger partial charge in [0.2, 0.25) is 10.0 Å². The molecular formula is C19H23ClN2O5S. The number of nitrogens with two attached hydrogens (primary N) is 1. The summed E-state index contributed by atoms with van der Waals surface area (Å²) in [6.45, 7) is 0.525. The molecule has 28 heavy (non-hydrogen) atoms. The highest BCUT2D eigenvalue weighted by atomic mass is 35.5. The summed E-state index contributed by atoms with van der Waals surface area (Å²) in [5.74, 6) is -0.522. The van der Waals surface area contributed by atoms with Gasteiger partial charge in [0.25, 0.3) is 0 Å². The molecule has 0 bridgehead atoms. The van der Waals surface area contributed by atoms with Crippen molar-refractivity contribution in [2.24, 2.45) is 5.73 Å². The standard InChI is InChI=1S/C19H22N2O5S.ClH/c1-25-18-10-14(8-9-15(18)19(22)26-2)27(23,24)21-11-16(17(20)12-21)13-6-4-3-5-7-13;/h3-10,16-17H,11-12,20H2,1-2H3;1H/t16-,17+;/m0./s1. The van der Waals surface area contributed by atoms with Gasteiger partial charge in [-0.15, -0.1) is 12.4 Å². The van der Waals surface area contributed by atoms with Crippen LogP contribution in [0, 0.1) is 0 Å². The van der Waals surface area contributed by atoms with Crippen LogP contribution in [-0.4, -0.2) is 52.0 Å². The van der Waals surface area contributed by atoms with Crippen LogP contribution >= 0.6 is 12.4 Å². The zero-order valence-corrected chi connectivity index (χ0v) is 17.2. The molecule has 2 aromatic carbocycles. The van der Waals surface area contributed by atoms with E-state index >= 15 is 0 Å². The lowest BCUT2D eigenvalue weighted by Crippen LogP contribution is -2.32. The fourth-order valence-electron chi connectivity index (χ4n) is 3.30. The first-order valence-electron chi connectivity index (χ1n) is 8.45. The van der Waals surface area contributed by atoms with Crippen LogP contribution in [0.2, 0.25) is 0 Å². The van der Waals surface area contributed by atoms with E-state index in [2.05, 4.69) is 4.74 Å². The van der Waals surface area contributed by atoms with E-state index in [1.54, 1.807) is 0 Å². The summed E-state index contributed by atoms with van der Waals surface area (Å²) in [6.07, 6.45) is 0. The number of methoxy groups -OCH3 is 2. The smallest absolute Gasteiger partial charge is 0.341 e. The minimum Gasteiger partial charge on any atom is -0.496 e. The Morgan fingerprint density at radius 1 is 1.11 bits per heavy atom. The molecule has 0 radical (unpaired) electrons. The van der Waals surface area contributed by atoms with Gasteiger partial charge in [0.1, 0.15) is 11.3 Å². The van der Waals surface area contributed by atoms with Gasteiger partial charge in [0.05, 0.1) is 19.1 Å². The molecule has 1 fully saturated rings. The van der Waals surface area contributed by atoms with Crippen molar-refractivity contribution in [1.29, 1.82) is 0 Å². The highest BCUT2D eigenvalue weighted by molar-refractivity contribution is 7.89. The summed E-state index contributed by atoms with van der Waals surface area (Å²) >= 11 is 0. The van der Waals surface area contributed by atoms with Crippen LogP contribution in [0.15, 0.2) is 53.4 Å². The minimum absolute atomic E-state index is 0. The van der Waals surface area contributed by atoms with E-state index < -0.39 is 16.0 Å². The highest BCUT2D eigenvalue weighted by Crippen LogP contribution is 2.32. The molecule has 2 atom stereocenters. The van der Waals surface area contributed by atoms with Crippen molar-refractivity contribution in [3.8, 4) is 5.75 Å². The van der Waals surface area contributed by atoms with Crippen molar-refractivity contribution in [1.82, 2.24) is 4.31 Å². The van der Waals surface area contributed by atoms with Gasteiger partial charge in [-0.25, -0.2) is 13.2 Å². The normalized spacial score (nSPS) is 19.7. The molecule has 7 nitrogen and oxygen atoms in total. The Bertz CT molecular complexity index is 937. The van der Waals surface area contributed by atoms with Crippen LogP contribution in [0.5, 0.6) is 5.75 Å². The molecule has 1 heterocycles. The molecule has 3 rings (SSSR count). The summed E-state index contributed by atoms with van der Waals surface area (Å²) in [7, 11) is -1.15. The second-order valence-electron chi connectivity index (χ2n) is 6.36. The number of rotatable bonds is 5. The van der Waals surface area contributed by atoms with E-state index in [-0.39, 0.29) is 47.1 Å². The number of carbonyl (C=O) groups excluding carboxylic acids is 1. The molecule has 2 aromatic rings. The molecule has 152 valence electrons. The van der Waals surface area contributed by atoms with Crippen molar-refractivity contribution in [3.05, 3.63) is 59.7 Å². The lowest BCUT2D eigenvalue weighted by atomic mass is 9.95. The number of esters is 1. The van der Waals surface area contributed by atoms with E-state index in [4.69, 9.17) is 10.5 Å². The number of hydrogen-bond acceptors (Lipinski definition) is 6. The van der Waals surface area contributed by atoms with Crippen LogP contribution in [-0.2, 0) is 14.8 Å². The molecule has 0 saturated carbocycles. The van der Waals surface area contributed by atoms with Crippen LogP contribution in [0.3, 0.4) is 0 Å². The van der Waals surface area contributed by atoms with E-state index in [9.17, 15) is 13.2 Å². The summed E-state index contributed by atoms with van der Waals surface area (Å²) < 4.78 is 37.4. The van der Waals surface area contributed by atoms with Gasteiger partial charge in [0.15, 0.2) is 0 Å². The fraction of sp³-hybridized carbons (Fsp3) is 0.316. The van der Waals surface area contributed by atoms with Gasteiger partial charge in [-0.2, -0.15) is 4.31 Å². The molecule has 0 aromatic heterocycles. The van der Waals surface area contributed by atoms with Crippen molar-refractivity contribution < 1.29 is 22.7 Å². The first kappa shape index (κ1) is 22.2. The predicted octanol–water partition coefficient (Wildman–Crippen LogP) is 2.02. The molecule has 1 aliphatic heterocycles. The van der Waals surface area contributed by atoms with Gasteiger partial charge in [-0.05, 0) is 17.7 Å². The van der Waals surface area contributed by atoms with E-state index in [0.29, 0.717) is 6.54 Å². The third-order valence-corrected chi connectivity index (χ3v) is 6.60. The van der Waals surface area contributed by atoms with Gasteiger partial charge >= 0.3 is 5.97 Å². The van der Waals surface area contributed by atoms with Gasteiger partial charge < -0.3 is 15.2 Å². The average Bonchev–Trinajstić information content (AvgIpc) is 3.10. The Morgan fingerprint density at radius 3 is 2.39 bits per heavy atom. The molecule has 0 spiro atoms. The van der Waals surface area contributed by atoms with Crippen molar-refractivity contribution in [3.63, 3.8) is 0 Å². The maximum atomic E-state index is 13.1. The number of sulfonamides is 1. The number of halogens is 1. The van der Waals surface area contributed by atoms with Crippen LogP contribution in [0.4, 0.5) is 0 Å². The number of benzene rings is 2. The Balaban J connectivity index is 0.00000280. The lowest BCUT2D eigenvalue weighted by Gasteiger charge is -2.17. The number of hydrogen-bond donors (Lipinski definition) is 1. The van der Waals surface area contributed by atoms with E-state index in [1.807, 2.05) is 30.3 Å². The summed E-state index contributed by atoms with van der Waals surface area (Å²) in [4.78, 5) is 11.8. The number of carbonyl (C=O) groups is 1. The van der Waals surface area contributed by atoms with Crippen LogP contribution < -0.4 is 10.5 Å². The maximum Gasteiger partial charge on any atom is 0.341 e.